The van der Waals surface area contributed by atoms with Crippen molar-refractivity contribution in [3.63, 3.8) is 0 Å². The highest BCUT2D eigenvalue weighted by Crippen LogP contribution is 2.20. The van der Waals surface area contributed by atoms with Gasteiger partial charge in [0, 0.05) is 5.38 Å². The number of thiazole rings is 1. The number of nitrogens with one attached hydrogen (secondary N) is 1. The average Bonchev–Trinajstić information content (AvgIpc) is 3.23. The van der Waals surface area contributed by atoms with Gasteiger partial charge in [0.25, 0.3) is 5.91 Å². The van der Waals surface area contributed by atoms with Gasteiger partial charge in [-0.25, -0.2) is 14.4 Å². The third-order valence-electron chi connectivity index (χ3n) is 3.05. The maximum absolute atomic E-state index is 13.5. The molecule has 3 N–H and O–H groups in total. The lowest BCUT2D eigenvalue weighted by Crippen LogP contribution is -2.23. The first-order valence-electron chi connectivity index (χ1n) is 7.02. The molecule has 7 nitrogen and oxygen atoms in total. The lowest BCUT2D eigenvalue weighted by Gasteiger charge is -2.04. The van der Waals surface area contributed by atoms with Gasteiger partial charge in [-0.2, -0.15) is 4.39 Å². The van der Waals surface area contributed by atoms with E-state index in [0.717, 1.165) is 12.3 Å². The maximum Gasteiger partial charge on any atom is 0.273 e. The van der Waals surface area contributed by atoms with Crippen molar-refractivity contribution in [3.05, 3.63) is 58.8 Å². The first kappa shape index (κ1) is 16.8. The van der Waals surface area contributed by atoms with E-state index in [0.29, 0.717) is 10.8 Å². The number of halogens is 2. The average molecular weight is 366 g/mol. The first-order chi connectivity index (χ1) is 12.0. The van der Waals surface area contributed by atoms with Crippen molar-refractivity contribution in [2.24, 2.45) is 0 Å². The lowest BCUT2D eigenvalue weighted by atomic mass is 10.3. The topological polar surface area (TPSA) is 103 Å². The van der Waals surface area contributed by atoms with Crippen molar-refractivity contribution in [1.29, 1.82) is 0 Å². The second kappa shape index (κ2) is 7.26. The minimum atomic E-state index is -1.10. The second-order valence-electron chi connectivity index (χ2n) is 4.83. The highest BCUT2D eigenvalue weighted by Gasteiger charge is 2.14. The number of amides is 1. The summed E-state index contributed by atoms with van der Waals surface area (Å²) in [6.45, 7) is -0.0595. The minimum Gasteiger partial charge on any atom is -0.481 e. The van der Waals surface area contributed by atoms with Crippen LogP contribution in [-0.2, 0) is 13.2 Å². The molecule has 2 aromatic heterocycles. The van der Waals surface area contributed by atoms with Crippen molar-refractivity contribution in [3.8, 4) is 5.75 Å². The van der Waals surface area contributed by atoms with Gasteiger partial charge in [-0.1, -0.05) is 6.07 Å². The van der Waals surface area contributed by atoms with Crippen LogP contribution in [0.15, 0.2) is 34.3 Å². The number of carbonyl (C=O) groups is 1. The summed E-state index contributed by atoms with van der Waals surface area (Å²) in [5, 5.41) is 4.75. The Balaban J connectivity index is 1.56. The quantitative estimate of drug-likeness (QED) is 0.695. The Morgan fingerprint density at radius 1 is 1.36 bits per heavy atom. The molecule has 0 fully saturated rings. The van der Waals surface area contributed by atoms with Crippen LogP contribution in [0, 0.1) is 11.6 Å². The third kappa shape index (κ3) is 4.10. The number of anilines is 1. The van der Waals surface area contributed by atoms with Gasteiger partial charge >= 0.3 is 0 Å². The van der Waals surface area contributed by atoms with E-state index in [2.05, 4.69) is 15.3 Å². The largest absolute Gasteiger partial charge is 0.481 e. The molecule has 0 aliphatic rings. The summed E-state index contributed by atoms with van der Waals surface area (Å²) in [6.07, 6.45) is 1.14. The number of nitrogens with zero attached hydrogens (tertiary/aromatic N) is 2. The summed E-state index contributed by atoms with van der Waals surface area (Å²) in [7, 11) is 0. The highest BCUT2D eigenvalue weighted by atomic mass is 32.1. The number of aromatic nitrogens is 2. The molecule has 0 unspecified atom stereocenters. The Hall–Kier alpha value is -3.01. The van der Waals surface area contributed by atoms with E-state index in [-0.39, 0.29) is 30.5 Å². The van der Waals surface area contributed by atoms with Gasteiger partial charge in [0.2, 0.25) is 11.7 Å². The van der Waals surface area contributed by atoms with Crippen molar-refractivity contribution in [1.82, 2.24) is 15.3 Å². The normalized spacial score (nSPS) is 10.6. The fraction of sp³-hybridized carbons (Fsp3) is 0.133. The number of benzene rings is 1. The van der Waals surface area contributed by atoms with Gasteiger partial charge in [0.15, 0.2) is 29.0 Å². The van der Waals surface area contributed by atoms with E-state index in [1.807, 2.05) is 0 Å². The molecule has 130 valence electrons. The van der Waals surface area contributed by atoms with Crippen molar-refractivity contribution in [2.75, 3.05) is 5.73 Å². The van der Waals surface area contributed by atoms with Crippen LogP contribution in [0.2, 0.25) is 0 Å². The number of nitrogen functional groups attached to an aromatic ring is 1. The molecular weight excluding hydrogens is 354 g/mol. The molecule has 0 atom stereocenters. The second-order valence-corrected chi connectivity index (χ2v) is 5.72. The van der Waals surface area contributed by atoms with Crippen LogP contribution in [0.4, 0.5) is 13.9 Å². The Labute approximate surface area is 144 Å². The van der Waals surface area contributed by atoms with Crippen molar-refractivity contribution >= 4 is 22.4 Å². The Morgan fingerprint density at radius 3 is 2.96 bits per heavy atom. The molecule has 2 heterocycles. The van der Waals surface area contributed by atoms with E-state index in [4.69, 9.17) is 14.9 Å². The number of hydrogen-bond donors (Lipinski definition) is 2. The number of hydrogen-bond acceptors (Lipinski definition) is 7. The molecule has 0 aliphatic heterocycles. The number of oxazole rings is 1. The molecule has 0 radical (unpaired) electrons. The van der Waals surface area contributed by atoms with Crippen LogP contribution in [0.25, 0.3) is 0 Å². The van der Waals surface area contributed by atoms with E-state index >= 15 is 0 Å². The maximum atomic E-state index is 13.5. The van der Waals surface area contributed by atoms with Crippen LogP contribution in [0.3, 0.4) is 0 Å². The molecule has 3 rings (SSSR count). The molecule has 0 aliphatic carbocycles. The lowest BCUT2D eigenvalue weighted by molar-refractivity contribution is 0.0945. The third-order valence-corrected chi connectivity index (χ3v) is 3.77. The summed E-state index contributed by atoms with van der Waals surface area (Å²) in [6, 6.07) is 3.56. The number of ether oxygens (including phenoxy) is 1. The number of carbonyl (C=O) groups excluding carboxylic acids is 1. The predicted octanol–water partition coefficient (Wildman–Crippen LogP) is 2.50. The summed E-state index contributed by atoms with van der Waals surface area (Å²) in [5.41, 5.74) is 6.16. The number of nitrogens with two attached hydrogens (primary N) is 1. The molecule has 0 bridgehead atoms. The monoisotopic (exact) mass is 366 g/mol. The van der Waals surface area contributed by atoms with Gasteiger partial charge in [-0.3, -0.25) is 4.79 Å². The van der Waals surface area contributed by atoms with E-state index in [9.17, 15) is 13.6 Å². The minimum absolute atomic E-state index is 0.0292. The fourth-order valence-electron chi connectivity index (χ4n) is 1.88. The summed E-state index contributed by atoms with van der Waals surface area (Å²) >= 11 is 1.27. The molecule has 1 amide bonds. The van der Waals surface area contributed by atoms with Gasteiger partial charge in [-0.15, -0.1) is 11.3 Å². The Morgan fingerprint density at radius 2 is 2.20 bits per heavy atom. The SMILES string of the molecule is Nc1nc(CNC(=O)c2coc(COc3cccc(F)c3F)n2)cs1. The molecule has 25 heavy (non-hydrogen) atoms. The van der Waals surface area contributed by atoms with Crippen LogP contribution in [0.5, 0.6) is 5.75 Å². The molecule has 0 saturated heterocycles. The molecular formula is C15H12F2N4O3S. The summed E-state index contributed by atoms with van der Waals surface area (Å²) in [4.78, 5) is 19.9. The Kier molecular flexibility index (Phi) is 4.89. The van der Waals surface area contributed by atoms with Gasteiger partial charge in [-0.05, 0) is 12.1 Å². The fourth-order valence-corrected chi connectivity index (χ4v) is 2.44. The van der Waals surface area contributed by atoms with Crippen molar-refractivity contribution in [2.45, 2.75) is 13.2 Å². The van der Waals surface area contributed by atoms with Crippen LogP contribution in [0.1, 0.15) is 22.1 Å². The zero-order valence-electron chi connectivity index (χ0n) is 12.7. The predicted molar refractivity (Wildman–Crippen MR) is 84.9 cm³/mol. The van der Waals surface area contributed by atoms with E-state index in [1.54, 1.807) is 5.38 Å². The van der Waals surface area contributed by atoms with E-state index in [1.165, 1.54) is 23.5 Å². The van der Waals surface area contributed by atoms with Gasteiger partial charge in [0.05, 0.1) is 12.2 Å². The van der Waals surface area contributed by atoms with Gasteiger partial charge < -0.3 is 20.2 Å². The Bertz CT molecular complexity index is 897. The number of rotatable bonds is 6. The molecule has 0 saturated carbocycles. The molecule has 1 aromatic carbocycles. The standard InChI is InChI=1S/C15H12F2N4O3S/c16-9-2-1-3-11(13(9)17)23-6-12-21-10(5-24-12)14(22)19-4-8-7-25-15(18)20-8/h1-3,5,7H,4,6H2,(H2,18,20)(H,19,22). The molecule has 3 aromatic rings. The summed E-state index contributed by atoms with van der Waals surface area (Å²) < 4.78 is 36.7. The van der Waals surface area contributed by atoms with Gasteiger partial charge in [0.1, 0.15) is 6.26 Å². The van der Waals surface area contributed by atoms with Crippen LogP contribution < -0.4 is 15.8 Å². The summed E-state index contributed by atoms with van der Waals surface area (Å²) in [5.74, 6) is -2.82. The smallest absolute Gasteiger partial charge is 0.273 e. The van der Waals surface area contributed by atoms with E-state index < -0.39 is 17.5 Å². The zero-order chi connectivity index (χ0) is 17.8. The first-order valence-corrected chi connectivity index (χ1v) is 7.90. The van der Waals surface area contributed by atoms with Crippen molar-refractivity contribution < 1.29 is 22.7 Å². The van der Waals surface area contributed by atoms with Crippen LogP contribution >= 0.6 is 11.3 Å². The molecule has 10 heteroatoms. The highest BCUT2D eigenvalue weighted by molar-refractivity contribution is 7.13. The zero-order valence-corrected chi connectivity index (χ0v) is 13.5. The van der Waals surface area contributed by atoms with Crippen LogP contribution in [-0.4, -0.2) is 15.9 Å². The molecule has 0 spiro atoms.